The van der Waals surface area contributed by atoms with Gasteiger partial charge in [-0.25, -0.2) is 13.2 Å². The molecule has 3 aromatic rings. The third-order valence-corrected chi connectivity index (χ3v) is 8.33. The van der Waals surface area contributed by atoms with Crippen LogP contribution in [-0.4, -0.2) is 0 Å². The summed E-state index contributed by atoms with van der Waals surface area (Å²) in [6.07, 6.45) is 0. The van der Waals surface area contributed by atoms with Crippen molar-refractivity contribution in [2.45, 2.75) is 0 Å². The maximum absolute atomic E-state index is 13.3. The van der Waals surface area contributed by atoms with Crippen molar-refractivity contribution in [3.8, 4) is 0 Å². The lowest BCUT2D eigenvalue weighted by Crippen LogP contribution is -2.27. The van der Waals surface area contributed by atoms with Crippen LogP contribution in [-0.2, 0) is 0 Å². The molecule has 3 rings (SSSR count). The normalized spacial score (nSPS) is 11.5. The molecule has 0 unspecified atom stereocenters. The van der Waals surface area contributed by atoms with E-state index in [0.29, 0.717) is 0 Å². The largest absolute Gasteiger partial charge is 0.210 e. The van der Waals surface area contributed by atoms with Gasteiger partial charge in [-0.15, -0.1) is 0 Å². The Balaban J connectivity index is 2.21. The van der Waals surface area contributed by atoms with E-state index in [2.05, 4.69) is 0 Å². The Bertz CT molecular complexity index is 688. The van der Waals surface area contributed by atoms with E-state index >= 15 is 0 Å². The molecule has 0 bridgehead atoms. The van der Waals surface area contributed by atoms with Crippen molar-refractivity contribution in [2.75, 3.05) is 0 Å². The Labute approximate surface area is 137 Å². The molecule has 0 amide bonds. The number of rotatable bonds is 3. The van der Waals surface area contributed by atoms with Crippen molar-refractivity contribution in [1.29, 1.82) is 0 Å². The molecule has 0 atom stereocenters. The summed E-state index contributed by atoms with van der Waals surface area (Å²) in [4.78, 5) is 0. The standard InChI is InChI=1S/C18H12ClF3P/c19-23(16-7-1-13(20)2-8-16,17-9-3-14(21)4-10-17)18-11-5-15(22)6-12-18/h1-12H/q+1. The molecule has 116 valence electrons. The summed E-state index contributed by atoms with van der Waals surface area (Å²) in [6.45, 7) is -2.61. The highest BCUT2D eigenvalue weighted by molar-refractivity contribution is 8.14. The maximum atomic E-state index is 13.3. The van der Waals surface area contributed by atoms with Gasteiger partial charge in [-0.1, -0.05) is 0 Å². The van der Waals surface area contributed by atoms with Gasteiger partial charge in [0, 0.05) is 0 Å². The Morgan fingerprint density at radius 3 is 0.913 bits per heavy atom. The fourth-order valence-corrected chi connectivity index (χ4v) is 5.98. The predicted molar refractivity (Wildman–Crippen MR) is 90.9 cm³/mol. The zero-order valence-corrected chi connectivity index (χ0v) is 13.5. The third kappa shape index (κ3) is 3.12. The van der Waals surface area contributed by atoms with Gasteiger partial charge >= 0.3 is 0 Å². The summed E-state index contributed by atoms with van der Waals surface area (Å²) < 4.78 is 39.8. The Hall–Kier alpha value is -1.83. The van der Waals surface area contributed by atoms with Gasteiger partial charge in [0.1, 0.15) is 44.6 Å². The van der Waals surface area contributed by atoms with Crippen LogP contribution in [0, 0.1) is 17.5 Å². The lowest BCUT2D eigenvalue weighted by molar-refractivity contribution is 0.628. The first-order chi connectivity index (χ1) is 11.0. The van der Waals surface area contributed by atoms with E-state index in [1.165, 1.54) is 36.4 Å². The van der Waals surface area contributed by atoms with Crippen LogP contribution in [0.1, 0.15) is 0 Å². The zero-order chi connectivity index (χ0) is 16.4. The highest BCUT2D eigenvalue weighted by Crippen LogP contribution is 2.60. The van der Waals surface area contributed by atoms with Crippen molar-refractivity contribution < 1.29 is 13.2 Å². The predicted octanol–water partition coefficient (Wildman–Crippen LogP) is 4.55. The second-order valence-electron chi connectivity index (χ2n) is 5.02. The minimum absolute atomic E-state index is 0.366. The van der Waals surface area contributed by atoms with E-state index in [0.717, 1.165) is 15.9 Å². The molecule has 0 fully saturated rings. The quantitative estimate of drug-likeness (QED) is 0.607. The second kappa shape index (κ2) is 6.35. The maximum Gasteiger partial charge on any atom is 0.210 e. The fraction of sp³-hybridized carbons (Fsp3) is 0. The van der Waals surface area contributed by atoms with Gasteiger partial charge < -0.3 is 0 Å². The molecule has 0 aliphatic carbocycles. The second-order valence-corrected chi connectivity index (χ2v) is 9.27. The van der Waals surface area contributed by atoms with Crippen LogP contribution in [0.5, 0.6) is 0 Å². The van der Waals surface area contributed by atoms with Crippen LogP contribution < -0.4 is 15.9 Å². The minimum Gasteiger partial charge on any atom is -0.207 e. The molecular weight excluding hydrogens is 340 g/mol. The highest BCUT2D eigenvalue weighted by atomic mass is 35.7. The molecule has 0 heterocycles. The van der Waals surface area contributed by atoms with Gasteiger partial charge in [0.25, 0.3) is 0 Å². The summed E-state index contributed by atoms with van der Waals surface area (Å²) in [7, 11) is 0. The number of halogens is 4. The van der Waals surface area contributed by atoms with E-state index < -0.39 is 6.62 Å². The summed E-state index contributed by atoms with van der Waals surface area (Å²) in [5.41, 5.74) is 0. The molecule has 3 aromatic carbocycles. The molecule has 0 aliphatic heterocycles. The number of hydrogen-bond donors (Lipinski definition) is 0. The van der Waals surface area contributed by atoms with Crippen LogP contribution in [0.2, 0.25) is 0 Å². The minimum atomic E-state index is -2.61. The Morgan fingerprint density at radius 1 is 0.478 bits per heavy atom. The van der Waals surface area contributed by atoms with Crippen molar-refractivity contribution >= 4 is 33.8 Å². The van der Waals surface area contributed by atoms with Gasteiger partial charge in [0.2, 0.25) is 6.62 Å². The average Bonchev–Trinajstić information content (AvgIpc) is 2.56. The first-order valence-electron chi connectivity index (χ1n) is 6.87. The topological polar surface area (TPSA) is 0 Å². The molecule has 0 aliphatic rings. The lowest BCUT2D eigenvalue weighted by Gasteiger charge is -2.19. The van der Waals surface area contributed by atoms with Crippen molar-refractivity contribution in [1.82, 2.24) is 0 Å². The first kappa shape index (κ1) is 16.0. The van der Waals surface area contributed by atoms with Gasteiger partial charge in [0.15, 0.2) is 0 Å². The molecule has 0 aromatic heterocycles. The number of benzene rings is 3. The van der Waals surface area contributed by atoms with E-state index in [-0.39, 0.29) is 17.5 Å². The van der Waals surface area contributed by atoms with Crippen LogP contribution in [0.15, 0.2) is 72.8 Å². The Kier molecular flexibility index (Phi) is 4.43. The van der Waals surface area contributed by atoms with E-state index in [4.69, 9.17) is 11.2 Å². The Morgan fingerprint density at radius 2 is 0.696 bits per heavy atom. The summed E-state index contributed by atoms with van der Waals surface area (Å²) in [6, 6.07) is 17.7. The van der Waals surface area contributed by atoms with E-state index in [9.17, 15) is 13.2 Å². The number of hydrogen-bond acceptors (Lipinski definition) is 0. The average molecular weight is 352 g/mol. The molecule has 0 N–H and O–H groups in total. The van der Waals surface area contributed by atoms with Gasteiger partial charge in [-0.2, -0.15) is 0 Å². The van der Waals surface area contributed by atoms with Crippen molar-refractivity contribution in [2.24, 2.45) is 0 Å². The zero-order valence-electron chi connectivity index (χ0n) is 11.9. The van der Waals surface area contributed by atoms with Crippen LogP contribution in [0.4, 0.5) is 13.2 Å². The summed E-state index contributed by atoms with van der Waals surface area (Å²) in [5.74, 6) is -1.10. The van der Waals surface area contributed by atoms with Gasteiger partial charge in [-0.05, 0) is 72.8 Å². The van der Waals surface area contributed by atoms with E-state index in [1.807, 2.05) is 0 Å². The summed E-state index contributed by atoms with van der Waals surface area (Å²) >= 11 is 7.02. The molecule has 0 saturated heterocycles. The fourth-order valence-electron chi connectivity index (χ4n) is 2.39. The molecular formula is C18H12ClF3P+. The van der Waals surface area contributed by atoms with Crippen LogP contribution >= 0.6 is 17.9 Å². The van der Waals surface area contributed by atoms with Crippen molar-refractivity contribution in [3.63, 3.8) is 0 Å². The van der Waals surface area contributed by atoms with Crippen molar-refractivity contribution in [3.05, 3.63) is 90.2 Å². The van der Waals surface area contributed by atoms with E-state index in [1.54, 1.807) is 36.4 Å². The molecule has 23 heavy (non-hydrogen) atoms. The van der Waals surface area contributed by atoms with Crippen LogP contribution in [0.3, 0.4) is 0 Å². The SMILES string of the molecule is Fc1ccc([P+](Cl)(c2ccc(F)cc2)c2ccc(F)cc2)cc1. The molecule has 0 spiro atoms. The molecule has 0 radical (unpaired) electrons. The highest BCUT2D eigenvalue weighted by Gasteiger charge is 2.44. The lowest BCUT2D eigenvalue weighted by atomic mass is 10.3. The smallest absolute Gasteiger partial charge is 0.207 e. The third-order valence-electron chi connectivity index (χ3n) is 3.55. The monoisotopic (exact) mass is 351 g/mol. The van der Waals surface area contributed by atoms with Gasteiger partial charge in [0.05, 0.1) is 0 Å². The van der Waals surface area contributed by atoms with Gasteiger partial charge in [-0.3, -0.25) is 0 Å². The molecule has 0 nitrogen and oxygen atoms in total. The molecule has 0 saturated carbocycles. The van der Waals surface area contributed by atoms with Crippen LogP contribution in [0.25, 0.3) is 0 Å². The molecule has 5 heteroatoms. The first-order valence-corrected chi connectivity index (χ1v) is 9.56. The summed E-state index contributed by atoms with van der Waals surface area (Å²) in [5, 5.41) is 2.16.